The summed E-state index contributed by atoms with van der Waals surface area (Å²) in [7, 11) is 0. The van der Waals surface area contributed by atoms with Crippen LogP contribution < -0.4 is 0 Å². The summed E-state index contributed by atoms with van der Waals surface area (Å²) in [4.78, 5) is 0. The van der Waals surface area contributed by atoms with E-state index in [2.05, 4.69) is 0 Å². The molecule has 0 N–H and O–H groups in total. The predicted octanol–water partition coefficient (Wildman–Crippen LogP) is 1.47. The van der Waals surface area contributed by atoms with Crippen molar-refractivity contribution in [3.05, 3.63) is 0 Å². The molecule has 4 heteroatoms. The van der Waals surface area contributed by atoms with Crippen molar-refractivity contribution in [1.82, 2.24) is 0 Å². The van der Waals surface area contributed by atoms with Crippen LogP contribution in [0.2, 0.25) is 0 Å². The Morgan fingerprint density at radius 2 is 0.500 bits per heavy atom. The Balaban J connectivity index is 0. The van der Waals surface area contributed by atoms with Gasteiger partial charge in [0.25, 0.3) is 0 Å². The van der Waals surface area contributed by atoms with Gasteiger partial charge in [-0.3, -0.25) is 0 Å². The first-order valence-corrected chi connectivity index (χ1v) is 0. The van der Waals surface area contributed by atoms with E-state index in [9.17, 15) is 0 Å². The number of hydrogen-bond donors (Lipinski definition) is 0. The molecule has 0 amide bonds. The van der Waals surface area contributed by atoms with Crippen molar-refractivity contribution in [2.24, 2.45) is 0 Å². The molecule has 0 rings (SSSR count). The van der Waals surface area contributed by atoms with Gasteiger partial charge < -0.3 is 0 Å². The van der Waals surface area contributed by atoms with Crippen molar-refractivity contribution in [2.45, 2.75) is 0 Å². The third kappa shape index (κ3) is 8.83. The van der Waals surface area contributed by atoms with E-state index in [0.29, 0.717) is 0 Å². The molecule has 0 heterocycles. The SMILES string of the molecule is I.I.I.[As]. The van der Waals surface area contributed by atoms with Gasteiger partial charge in [0.2, 0.25) is 0 Å². The fraction of sp³-hybridized carbons (Fsp3) is 0. The predicted molar refractivity (Wildman–Crippen MR) is 52.0 cm³/mol. The van der Waals surface area contributed by atoms with E-state index in [1.54, 1.807) is 0 Å². The topological polar surface area (TPSA) is 0 Å². The van der Waals surface area contributed by atoms with Crippen molar-refractivity contribution < 1.29 is 0 Å². The average Bonchev–Trinajstić information content (AvgIpc) is 0. The Morgan fingerprint density at radius 3 is 0.500 bits per heavy atom. The normalized spacial score (nSPS) is 0. The maximum atomic E-state index is 0. The summed E-state index contributed by atoms with van der Waals surface area (Å²) in [6.45, 7) is 0. The molecule has 0 aromatic carbocycles. The minimum atomic E-state index is 0. The Kier molecular flexibility index (Phi) is 127. The molecule has 0 fully saturated rings. The van der Waals surface area contributed by atoms with Gasteiger partial charge in [-0.05, 0) is 0 Å². The molecule has 0 bridgehead atoms. The second-order valence-electron chi connectivity index (χ2n) is 0. The molecular formula is H3AsI3. The Bertz CT molecular complexity index is 3.25. The van der Waals surface area contributed by atoms with Crippen LogP contribution in [-0.2, 0) is 0 Å². The first-order valence-electron chi connectivity index (χ1n) is 0. The molecule has 29 valence electrons. The third-order valence-electron chi connectivity index (χ3n) is 0. The zero-order valence-corrected chi connectivity index (χ0v) is 10.5. The van der Waals surface area contributed by atoms with Gasteiger partial charge in [0.15, 0.2) is 0 Å². The quantitative estimate of drug-likeness (QED) is 0.381. The first-order chi connectivity index (χ1) is 0. The number of rotatable bonds is 0. The van der Waals surface area contributed by atoms with Crippen LogP contribution in [0.1, 0.15) is 0 Å². The summed E-state index contributed by atoms with van der Waals surface area (Å²) in [6, 6.07) is 0. The Labute approximate surface area is 88.2 Å². The number of hydrogen-bond acceptors (Lipinski definition) is 0. The maximum absolute atomic E-state index is 0. The summed E-state index contributed by atoms with van der Waals surface area (Å²) < 4.78 is 0. The molecule has 0 saturated heterocycles. The summed E-state index contributed by atoms with van der Waals surface area (Å²) in [5, 5.41) is 0. The van der Waals surface area contributed by atoms with E-state index in [4.69, 9.17) is 0 Å². The minimum absolute atomic E-state index is 0. The second kappa shape index (κ2) is 17.2. The van der Waals surface area contributed by atoms with Gasteiger partial charge in [-0.2, -0.15) is 0 Å². The molecule has 0 aliphatic heterocycles. The molecule has 0 aliphatic carbocycles. The molecule has 0 spiro atoms. The standard InChI is InChI=1S/As.3HI/h;3*1H. The van der Waals surface area contributed by atoms with Crippen LogP contribution in [0, 0.1) is 0 Å². The first kappa shape index (κ1) is 29.5. The van der Waals surface area contributed by atoms with Gasteiger partial charge in [-0.25, -0.2) is 0 Å². The molecule has 0 aliphatic rings. The van der Waals surface area contributed by atoms with E-state index in [1.807, 2.05) is 0 Å². The summed E-state index contributed by atoms with van der Waals surface area (Å²) in [6.07, 6.45) is 0. The van der Waals surface area contributed by atoms with Crippen molar-refractivity contribution in [2.75, 3.05) is 0 Å². The minimum Gasteiger partial charge on any atom is -0.107 e. The molecule has 0 aromatic rings. The molecule has 0 unspecified atom stereocenters. The summed E-state index contributed by atoms with van der Waals surface area (Å²) >= 11 is 0. The smallest absolute Gasteiger partial charge is 0 e. The molecule has 4 heavy (non-hydrogen) atoms. The molecule has 0 aromatic heterocycles. The van der Waals surface area contributed by atoms with Crippen molar-refractivity contribution in [1.29, 1.82) is 0 Å². The van der Waals surface area contributed by atoms with Gasteiger partial charge >= 0.3 is 0 Å². The van der Waals surface area contributed by atoms with Gasteiger partial charge in [0, 0.05) is 18.0 Å². The largest absolute Gasteiger partial charge is 0.107 e. The fourth-order valence-corrected chi connectivity index (χ4v) is 0. The number of halogens is 3. The van der Waals surface area contributed by atoms with Crippen LogP contribution in [0.3, 0.4) is 0 Å². The van der Waals surface area contributed by atoms with Gasteiger partial charge in [0.1, 0.15) is 0 Å². The third-order valence-corrected chi connectivity index (χ3v) is 0. The molecule has 0 nitrogen and oxygen atoms in total. The van der Waals surface area contributed by atoms with Crippen LogP contribution in [-0.4, -0.2) is 18.0 Å². The second-order valence-corrected chi connectivity index (χ2v) is 0. The van der Waals surface area contributed by atoms with Crippen molar-refractivity contribution in [3.8, 4) is 0 Å². The van der Waals surface area contributed by atoms with Crippen LogP contribution in [0.5, 0.6) is 0 Å². The van der Waals surface area contributed by atoms with Crippen LogP contribution in [0.15, 0.2) is 0 Å². The van der Waals surface area contributed by atoms with E-state index in [-0.39, 0.29) is 89.9 Å². The van der Waals surface area contributed by atoms with Gasteiger partial charge in [-0.1, -0.05) is 0 Å². The van der Waals surface area contributed by atoms with E-state index >= 15 is 0 Å². The fourth-order valence-electron chi connectivity index (χ4n) is 0. The molecule has 0 atom stereocenters. The molecular weight excluding hydrogens is 456 g/mol. The Hall–Kier alpha value is 2.75. The van der Waals surface area contributed by atoms with E-state index in [0.717, 1.165) is 0 Å². The van der Waals surface area contributed by atoms with Crippen LogP contribution in [0.4, 0.5) is 0 Å². The Morgan fingerprint density at radius 1 is 0.500 bits per heavy atom. The van der Waals surface area contributed by atoms with Crippen LogP contribution >= 0.6 is 71.9 Å². The summed E-state index contributed by atoms with van der Waals surface area (Å²) in [5.41, 5.74) is 0. The zero-order chi connectivity index (χ0) is 0. The summed E-state index contributed by atoms with van der Waals surface area (Å²) in [5.74, 6) is 0. The van der Waals surface area contributed by atoms with Crippen molar-refractivity contribution >= 4 is 89.9 Å². The average molecular weight is 459 g/mol. The van der Waals surface area contributed by atoms with Crippen LogP contribution in [0.25, 0.3) is 0 Å². The molecule has 3 radical (unpaired) electrons. The van der Waals surface area contributed by atoms with E-state index in [1.165, 1.54) is 0 Å². The maximum Gasteiger partial charge on any atom is 0 e. The van der Waals surface area contributed by atoms with Crippen molar-refractivity contribution in [3.63, 3.8) is 0 Å². The van der Waals surface area contributed by atoms with E-state index < -0.39 is 0 Å². The zero-order valence-electron chi connectivity index (χ0n) is 1.67. The molecule has 0 saturated carbocycles. The van der Waals surface area contributed by atoms with Gasteiger partial charge in [0.05, 0.1) is 0 Å². The monoisotopic (exact) mass is 459 g/mol. The van der Waals surface area contributed by atoms with Gasteiger partial charge in [-0.15, -0.1) is 71.9 Å².